The van der Waals surface area contributed by atoms with Gasteiger partial charge in [-0.2, -0.15) is 0 Å². The smallest absolute Gasteiger partial charge is 0.249 e. The highest BCUT2D eigenvalue weighted by molar-refractivity contribution is 5.85. The summed E-state index contributed by atoms with van der Waals surface area (Å²) in [7, 11) is 0. The van der Waals surface area contributed by atoms with Crippen LogP contribution in [0.15, 0.2) is 30.3 Å². The fourth-order valence-corrected chi connectivity index (χ4v) is 2.56. The average molecular weight is 313 g/mol. The van der Waals surface area contributed by atoms with Gasteiger partial charge in [-0.05, 0) is 25.3 Å². The van der Waals surface area contributed by atoms with Crippen LogP contribution in [0.2, 0.25) is 0 Å². The third-order valence-electron chi connectivity index (χ3n) is 4.11. The SMILES string of the molecule is CC(NC(=O)[C@@H]1CC[C@H](CN)O1)C(C)c1ccccc1.Cl. The Morgan fingerprint density at radius 1 is 1.33 bits per heavy atom. The number of rotatable bonds is 5. The van der Waals surface area contributed by atoms with Crippen molar-refractivity contribution >= 4 is 18.3 Å². The fourth-order valence-electron chi connectivity index (χ4n) is 2.56. The number of hydrogen-bond acceptors (Lipinski definition) is 3. The van der Waals surface area contributed by atoms with Gasteiger partial charge in [-0.25, -0.2) is 0 Å². The number of amides is 1. The summed E-state index contributed by atoms with van der Waals surface area (Å²) in [5, 5.41) is 3.06. The molecule has 1 aromatic carbocycles. The first-order valence-corrected chi connectivity index (χ1v) is 7.32. The normalized spacial score (nSPS) is 24.0. The Bertz CT molecular complexity index is 441. The fraction of sp³-hybridized carbons (Fsp3) is 0.562. The van der Waals surface area contributed by atoms with Gasteiger partial charge in [0.2, 0.25) is 5.91 Å². The van der Waals surface area contributed by atoms with Gasteiger partial charge in [0.15, 0.2) is 0 Å². The standard InChI is InChI=1S/C16H24N2O2.ClH/c1-11(13-6-4-3-5-7-13)12(2)18-16(19)15-9-8-14(10-17)20-15;/h3-7,11-12,14-15H,8-10,17H2,1-2H3,(H,18,19);1H/t11?,12?,14-,15+;/m1./s1. The largest absolute Gasteiger partial charge is 0.364 e. The highest BCUT2D eigenvalue weighted by Crippen LogP contribution is 2.21. The number of nitrogens with one attached hydrogen (secondary N) is 1. The van der Waals surface area contributed by atoms with E-state index in [4.69, 9.17) is 10.5 Å². The zero-order chi connectivity index (χ0) is 14.5. The van der Waals surface area contributed by atoms with Crippen LogP contribution in [0.1, 0.15) is 38.2 Å². The van der Waals surface area contributed by atoms with Gasteiger partial charge in [-0.3, -0.25) is 4.79 Å². The van der Waals surface area contributed by atoms with Crippen molar-refractivity contribution in [2.45, 2.75) is 50.9 Å². The summed E-state index contributed by atoms with van der Waals surface area (Å²) < 4.78 is 5.62. The van der Waals surface area contributed by atoms with Gasteiger partial charge in [0.05, 0.1) is 6.10 Å². The van der Waals surface area contributed by atoms with Gasteiger partial charge in [-0.15, -0.1) is 12.4 Å². The summed E-state index contributed by atoms with van der Waals surface area (Å²) >= 11 is 0. The van der Waals surface area contributed by atoms with Crippen molar-refractivity contribution in [2.24, 2.45) is 5.73 Å². The molecule has 1 saturated heterocycles. The van der Waals surface area contributed by atoms with Crippen molar-refractivity contribution in [2.75, 3.05) is 6.54 Å². The summed E-state index contributed by atoms with van der Waals surface area (Å²) in [6, 6.07) is 10.3. The Balaban J connectivity index is 0.00000220. The van der Waals surface area contributed by atoms with Gasteiger partial charge in [0, 0.05) is 18.5 Å². The highest BCUT2D eigenvalue weighted by atomic mass is 35.5. The molecule has 2 unspecified atom stereocenters. The molecular formula is C16H25ClN2O2. The second-order valence-corrected chi connectivity index (χ2v) is 5.56. The molecule has 0 aliphatic carbocycles. The van der Waals surface area contributed by atoms with Crippen LogP contribution in [0.25, 0.3) is 0 Å². The molecule has 0 aromatic heterocycles. The van der Waals surface area contributed by atoms with Crippen LogP contribution in [-0.2, 0) is 9.53 Å². The topological polar surface area (TPSA) is 64.4 Å². The van der Waals surface area contributed by atoms with E-state index in [0.29, 0.717) is 6.54 Å². The Kier molecular flexibility index (Phi) is 7.15. The molecule has 118 valence electrons. The molecule has 0 radical (unpaired) electrons. The summed E-state index contributed by atoms with van der Waals surface area (Å²) in [4.78, 5) is 12.2. The van der Waals surface area contributed by atoms with Gasteiger partial charge in [-0.1, -0.05) is 37.3 Å². The number of nitrogens with two attached hydrogens (primary N) is 1. The predicted octanol–water partition coefficient (Wildman–Crippen LogP) is 2.22. The lowest BCUT2D eigenvalue weighted by Gasteiger charge is -2.23. The van der Waals surface area contributed by atoms with Crippen LogP contribution in [0, 0.1) is 0 Å². The number of halogens is 1. The summed E-state index contributed by atoms with van der Waals surface area (Å²) in [6.07, 6.45) is 1.33. The van der Waals surface area contributed by atoms with Crippen molar-refractivity contribution in [3.63, 3.8) is 0 Å². The molecule has 4 atom stereocenters. The van der Waals surface area contributed by atoms with Gasteiger partial charge in [0.25, 0.3) is 0 Å². The first kappa shape index (κ1) is 18.0. The summed E-state index contributed by atoms with van der Waals surface area (Å²) in [5.41, 5.74) is 6.79. The van der Waals surface area contributed by atoms with E-state index in [9.17, 15) is 4.79 Å². The third kappa shape index (κ3) is 4.70. The first-order chi connectivity index (χ1) is 9.61. The molecule has 1 aliphatic heterocycles. The van der Waals surface area contributed by atoms with E-state index in [1.807, 2.05) is 25.1 Å². The average Bonchev–Trinajstić information content (AvgIpc) is 2.96. The highest BCUT2D eigenvalue weighted by Gasteiger charge is 2.31. The number of ether oxygens (including phenoxy) is 1. The van der Waals surface area contributed by atoms with Crippen molar-refractivity contribution in [1.82, 2.24) is 5.32 Å². The molecule has 5 heteroatoms. The number of hydrogen-bond donors (Lipinski definition) is 2. The molecule has 4 nitrogen and oxygen atoms in total. The van der Waals surface area contributed by atoms with Crippen LogP contribution in [0.3, 0.4) is 0 Å². The van der Waals surface area contributed by atoms with Crippen molar-refractivity contribution < 1.29 is 9.53 Å². The second-order valence-electron chi connectivity index (χ2n) is 5.56. The number of carbonyl (C=O) groups is 1. The van der Waals surface area contributed by atoms with Gasteiger partial charge < -0.3 is 15.8 Å². The van der Waals surface area contributed by atoms with E-state index in [1.165, 1.54) is 5.56 Å². The third-order valence-corrected chi connectivity index (χ3v) is 4.11. The van der Waals surface area contributed by atoms with E-state index in [2.05, 4.69) is 24.4 Å². The Morgan fingerprint density at radius 3 is 2.57 bits per heavy atom. The molecule has 1 amide bonds. The van der Waals surface area contributed by atoms with Gasteiger partial charge in [0.1, 0.15) is 6.10 Å². The minimum atomic E-state index is -0.339. The lowest BCUT2D eigenvalue weighted by atomic mass is 9.94. The molecule has 0 bridgehead atoms. The van der Waals surface area contributed by atoms with Crippen LogP contribution in [0.5, 0.6) is 0 Å². The van der Waals surface area contributed by atoms with Crippen molar-refractivity contribution in [3.8, 4) is 0 Å². The summed E-state index contributed by atoms with van der Waals surface area (Å²) in [5.74, 6) is 0.253. The Hall–Kier alpha value is -1.10. The molecule has 0 saturated carbocycles. The molecule has 1 aliphatic rings. The van der Waals surface area contributed by atoms with Gasteiger partial charge >= 0.3 is 0 Å². The van der Waals surface area contributed by atoms with Crippen molar-refractivity contribution in [1.29, 1.82) is 0 Å². The minimum absolute atomic E-state index is 0. The second kappa shape index (κ2) is 8.37. The maximum absolute atomic E-state index is 12.2. The minimum Gasteiger partial charge on any atom is -0.364 e. The van der Waals surface area contributed by atoms with Crippen LogP contribution < -0.4 is 11.1 Å². The lowest BCUT2D eigenvalue weighted by Crippen LogP contribution is -2.42. The summed E-state index contributed by atoms with van der Waals surface area (Å²) in [6.45, 7) is 4.64. The molecule has 2 rings (SSSR count). The first-order valence-electron chi connectivity index (χ1n) is 7.32. The predicted molar refractivity (Wildman–Crippen MR) is 86.7 cm³/mol. The van der Waals surface area contributed by atoms with Crippen LogP contribution >= 0.6 is 12.4 Å². The quantitative estimate of drug-likeness (QED) is 0.876. The Labute approximate surface area is 132 Å². The zero-order valence-corrected chi connectivity index (χ0v) is 13.4. The van der Waals surface area contributed by atoms with E-state index in [1.54, 1.807) is 0 Å². The van der Waals surface area contributed by atoms with E-state index in [0.717, 1.165) is 12.8 Å². The molecule has 0 spiro atoms. The maximum atomic E-state index is 12.2. The monoisotopic (exact) mass is 312 g/mol. The molecule has 1 heterocycles. The van der Waals surface area contributed by atoms with E-state index >= 15 is 0 Å². The Morgan fingerprint density at radius 2 is 2.00 bits per heavy atom. The molecule has 21 heavy (non-hydrogen) atoms. The number of carbonyl (C=O) groups excluding carboxylic acids is 1. The van der Waals surface area contributed by atoms with Crippen LogP contribution in [0.4, 0.5) is 0 Å². The molecule has 1 aromatic rings. The van der Waals surface area contributed by atoms with Crippen molar-refractivity contribution in [3.05, 3.63) is 35.9 Å². The molecule has 3 N–H and O–H groups in total. The molecule has 1 fully saturated rings. The zero-order valence-electron chi connectivity index (χ0n) is 12.6. The van der Waals surface area contributed by atoms with E-state index < -0.39 is 0 Å². The lowest BCUT2D eigenvalue weighted by molar-refractivity contribution is -0.132. The number of benzene rings is 1. The maximum Gasteiger partial charge on any atom is 0.249 e. The molecular weight excluding hydrogens is 288 g/mol. The van der Waals surface area contributed by atoms with E-state index in [-0.39, 0.29) is 42.5 Å². The van der Waals surface area contributed by atoms with Crippen LogP contribution in [-0.4, -0.2) is 30.7 Å².